The van der Waals surface area contributed by atoms with Crippen LogP contribution in [0.1, 0.15) is 46.6 Å². The SMILES string of the molecule is Cc1cncc(C(=O)Nc2cnn3c2C(=O)N(c2ccc(C(F)(F)F)cc2)C[C@@H]3C)n1.S.[HH]. The lowest BCUT2D eigenvalue weighted by molar-refractivity contribution is -0.137. The first-order chi connectivity index (χ1) is 14.6. The highest BCUT2D eigenvalue weighted by molar-refractivity contribution is 7.59. The van der Waals surface area contributed by atoms with Crippen LogP contribution in [0.25, 0.3) is 0 Å². The maximum absolute atomic E-state index is 13.2. The predicted octanol–water partition coefficient (Wildman–Crippen LogP) is 3.83. The van der Waals surface area contributed by atoms with Gasteiger partial charge in [-0.3, -0.25) is 19.3 Å². The first kappa shape index (κ1) is 23.3. The van der Waals surface area contributed by atoms with Crippen LogP contribution < -0.4 is 10.2 Å². The van der Waals surface area contributed by atoms with E-state index >= 15 is 0 Å². The van der Waals surface area contributed by atoms with E-state index in [1.54, 1.807) is 6.92 Å². The highest BCUT2D eigenvalue weighted by Crippen LogP contribution is 2.33. The molecule has 0 fully saturated rings. The van der Waals surface area contributed by atoms with Gasteiger partial charge in [-0.05, 0) is 38.1 Å². The van der Waals surface area contributed by atoms with Gasteiger partial charge in [0.2, 0.25) is 0 Å². The molecule has 1 aliphatic heterocycles. The summed E-state index contributed by atoms with van der Waals surface area (Å²) in [5.41, 5.74) is 0.471. The summed E-state index contributed by atoms with van der Waals surface area (Å²) >= 11 is 0. The smallest absolute Gasteiger partial charge is 0.317 e. The summed E-state index contributed by atoms with van der Waals surface area (Å²) in [7, 11) is 0. The van der Waals surface area contributed by atoms with Crippen LogP contribution >= 0.6 is 13.5 Å². The molecule has 0 aliphatic carbocycles. The molecule has 0 unspecified atom stereocenters. The van der Waals surface area contributed by atoms with Crippen LogP contribution in [0.3, 0.4) is 0 Å². The number of anilines is 2. The van der Waals surface area contributed by atoms with Gasteiger partial charge in [0.1, 0.15) is 5.69 Å². The molecule has 0 spiro atoms. The first-order valence-electron chi connectivity index (χ1n) is 9.32. The van der Waals surface area contributed by atoms with Crippen LogP contribution in [0.4, 0.5) is 24.5 Å². The van der Waals surface area contributed by atoms with Gasteiger partial charge in [0.05, 0.1) is 35.4 Å². The van der Waals surface area contributed by atoms with Crippen molar-refractivity contribution in [2.45, 2.75) is 26.1 Å². The molecule has 0 radical (unpaired) electrons. The van der Waals surface area contributed by atoms with E-state index in [1.807, 2.05) is 6.92 Å². The Morgan fingerprint density at radius 1 is 1.19 bits per heavy atom. The second-order valence-electron chi connectivity index (χ2n) is 7.16. The summed E-state index contributed by atoms with van der Waals surface area (Å²) in [5.74, 6) is -1.04. The Hall–Kier alpha value is -3.41. The van der Waals surface area contributed by atoms with Gasteiger partial charge >= 0.3 is 6.18 Å². The molecule has 1 aromatic carbocycles. The van der Waals surface area contributed by atoms with Gasteiger partial charge in [-0.1, -0.05) is 0 Å². The van der Waals surface area contributed by atoms with Crippen molar-refractivity contribution >= 4 is 36.7 Å². The number of hydrogen-bond acceptors (Lipinski definition) is 5. The van der Waals surface area contributed by atoms with Crippen LogP contribution in [0.15, 0.2) is 42.9 Å². The molecule has 4 rings (SSSR count). The van der Waals surface area contributed by atoms with Crippen LogP contribution in [0.2, 0.25) is 0 Å². The summed E-state index contributed by atoms with van der Waals surface area (Å²) in [6.45, 7) is 3.73. The fourth-order valence-electron chi connectivity index (χ4n) is 3.37. The van der Waals surface area contributed by atoms with Crippen molar-refractivity contribution in [1.82, 2.24) is 19.7 Å². The van der Waals surface area contributed by atoms with E-state index in [2.05, 4.69) is 20.4 Å². The molecule has 1 atom stereocenters. The highest BCUT2D eigenvalue weighted by atomic mass is 32.1. The van der Waals surface area contributed by atoms with Crippen molar-refractivity contribution in [3.63, 3.8) is 0 Å². The van der Waals surface area contributed by atoms with Gasteiger partial charge in [0.15, 0.2) is 5.69 Å². The highest BCUT2D eigenvalue weighted by Gasteiger charge is 2.35. The number of fused-ring (bicyclic) bond motifs is 1. The number of alkyl halides is 3. The minimum atomic E-state index is -4.47. The number of nitrogens with zero attached hydrogens (tertiary/aromatic N) is 5. The van der Waals surface area contributed by atoms with Crippen LogP contribution in [-0.2, 0) is 6.18 Å². The Labute approximate surface area is 189 Å². The zero-order valence-corrected chi connectivity index (χ0v) is 18.0. The molecule has 12 heteroatoms. The molecule has 0 bridgehead atoms. The largest absolute Gasteiger partial charge is 0.416 e. The number of halogens is 3. The van der Waals surface area contributed by atoms with Crippen LogP contribution in [-0.4, -0.2) is 38.1 Å². The Morgan fingerprint density at radius 3 is 2.50 bits per heavy atom. The summed E-state index contributed by atoms with van der Waals surface area (Å²) in [4.78, 5) is 35.1. The molecule has 1 aliphatic rings. The van der Waals surface area contributed by atoms with E-state index in [1.165, 1.54) is 40.3 Å². The van der Waals surface area contributed by atoms with E-state index in [9.17, 15) is 22.8 Å². The average molecular weight is 466 g/mol. The molecule has 0 saturated carbocycles. The Balaban J connectivity index is 0.00000193. The van der Waals surface area contributed by atoms with E-state index in [4.69, 9.17) is 0 Å². The van der Waals surface area contributed by atoms with Gasteiger partial charge in [-0.15, -0.1) is 0 Å². The molecular formula is C20H21F3N6O2S. The van der Waals surface area contributed by atoms with Crippen LogP contribution in [0.5, 0.6) is 0 Å². The monoisotopic (exact) mass is 466 g/mol. The van der Waals surface area contributed by atoms with Gasteiger partial charge in [0, 0.05) is 19.9 Å². The van der Waals surface area contributed by atoms with E-state index in [0.717, 1.165) is 12.1 Å². The maximum atomic E-state index is 13.2. The first-order valence-corrected chi connectivity index (χ1v) is 9.32. The van der Waals surface area contributed by atoms with Gasteiger partial charge in [-0.2, -0.15) is 31.8 Å². The molecule has 2 aromatic heterocycles. The number of nitrogens with one attached hydrogen (secondary N) is 1. The predicted molar refractivity (Wildman–Crippen MR) is 117 cm³/mol. The summed E-state index contributed by atoms with van der Waals surface area (Å²) < 4.78 is 40.0. The van der Waals surface area contributed by atoms with E-state index < -0.39 is 23.6 Å². The van der Waals surface area contributed by atoms with Crippen molar-refractivity contribution in [2.75, 3.05) is 16.8 Å². The van der Waals surface area contributed by atoms with E-state index in [0.29, 0.717) is 11.4 Å². The summed E-state index contributed by atoms with van der Waals surface area (Å²) in [6.07, 6.45) is -0.295. The minimum absolute atomic E-state index is 0. The zero-order chi connectivity index (χ0) is 22.3. The third kappa shape index (κ3) is 4.31. The number of amides is 2. The number of aromatic nitrogens is 4. The molecule has 170 valence electrons. The van der Waals surface area contributed by atoms with Crippen molar-refractivity contribution in [2.24, 2.45) is 0 Å². The average Bonchev–Trinajstić information content (AvgIpc) is 3.14. The second kappa shape index (κ2) is 8.61. The Kier molecular flexibility index (Phi) is 6.26. The Morgan fingerprint density at radius 2 is 1.88 bits per heavy atom. The third-order valence-corrected chi connectivity index (χ3v) is 4.85. The molecule has 0 saturated heterocycles. The lowest BCUT2D eigenvalue weighted by Crippen LogP contribution is -2.43. The molecule has 8 nitrogen and oxygen atoms in total. The van der Waals surface area contributed by atoms with Crippen molar-refractivity contribution in [3.8, 4) is 0 Å². The number of hydrogen-bond donors (Lipinski definition) is 1. The number of benzene rings is 1. The zero-order valence-electron chi connectivity index (χ0n) is 17.0. The Bertz CT molecular complexity index is 1170. The molecule has 1 N–H and O–H groups in total. The third-order valence-electron chi connectivity index (χ3n) is 4.85. The molecular weight excluding hydrogens is 445 g/mol. The number of carbonyl (C=O) groups is 2. The molecule has 3 aromatic rings. The minimum Gasteiger partial charge on any atom is -0.317 e. The number of carbonyl (C=O) groups excluding carboxylic acids is 2. The number of aryl methyl sites for hydroxylation is 1. The molecule has 3 heterocycles. The number of rotatable bonds is 3. The van der Waals surface area contributed by atoms with Crippen molar-refractivity contribution in [1.29, 1.82) is 0 Å². The van der Waals surface area contributed by atoms with Gasteiger partial charge in [-0.25, -0.2) is 4.98 Å². The second-order valence-corrected chi connectivity index (χ2v) is 7.16. The summed E-state index contributed by atoms with van der Waals surface area (Å²) in [6, 6.07) is 4.09. The van der Waals surface area contributed by atoms with Gasteiger partial charge in [0.25, 0.3) is 11.8 Å². The van der Waals surface area contributed by atoms with Crippen LogP contribution in [0, 0.1) is 6.92 Å². The van der Waals surface area contributed by atoms with Gasteiger partial charge < -0.3 is 10.2 Å². The molecule has 2 amide bonds. The van der Waals surface area contributed by atoms with Crippen molar-refractivity contribution < 1.29 is 24.2 Å². The maximum Gasteiger partial charge on any atom is 0.416 e. The fraction of sp³-hybridized carbons (Fsp3) is 0.250. The summed E-state index contributed by atoms with van der Waals surface area (Å²) in [5, 5.41) is 6.82. The van der Waals surface area contributed by atoms with Crippen molar-refractivity contribution in [3.05, 3.63) is 65.5 Å². The normalized spacial score (nSPS) is 15.7. The molecule has 32 heavy (non-hydrogen) atoms. The standard InChI is InChI=1S/C20H17F3N6O2.H2S.H2/c1-11-7-24-8-16(26-11)18(30)27-15-9-25-29-12(2)10-28(19(31)17(15)29)14-5-3-13(4-6-14)20(21,22)23;;/h3-9,12H,10H2,1-2H3,(H,27,30);1H2;1H/t12-;;/m0../s1. The topological polar surface area (TPSA) is 93.0 Å². The lowest BCUT2D eigenvalue weighted by atomic mass is 10.1. The van der Waals surface area contributed by atoms with E-state index in [-0.39, 0.29) is 44.6 Å². The quantitative estimate of drug-likeness (QED) is 0.633. The fourth-order valence-corrected chi connectivity index (χ4v) is 3.37. The lowest BCUT2D eigenvalue weighted by Gasteiger charge is -2.32.